The quantitative estimate of drug-likeness (QED) is 0.819. The third-order valence-electron chi connectivity index (χ3n) is 5.54. The highest BCUT2D eigenvalue weighted by atomic mass is 16.5. The van der Waals surface area contributed by atoms with Crippen LogP contribution in [0.15, 0.2) is 48.8 Å². The number of likely N-dealkylation sites (tertiary alicyclic amines) is 2. The number of carbonyl (C=O) groups is 2. The predicted molar refractivity (Wildman–Crippen MR) is 105 cm³/mol. The zero-order valence-electron chi connectivity index (χ0n) is 16.1. The molecule has 1 aromatic heterocycles. The third kappa shape index (κ3) is 3.72. The number of ether oxygens (including phenoxy) is 1. The number of rotatable bonds is 4. The average Bonchev–Trinajstić information content (AvgIpc) is 3.38. The Balaban J connectivity index is 1.57. The van der Waals surface area contributed by atoms with E-state index in [1.54, 1.807) is 17.3 Å². The van der Waals surface area contributed by atoms with Crippen LogP contribution in [0.5, 0.6) is 5.75 Å². The van der Waals surface area contributed by atoms with Gasteiger partial charge in [0.05, 0.1) is 12.1 Å². The summed E-state index contributed by atoms with van der Waals surface area (Å²) in [4.78, 5) is 34.1. The summed E-state index contributed by atoms with van der Waals surface area (Å²) < 4.78 is 6.08. The van der Waals surface area contributed by atoms with Crippen LogP contribution in [0.1, 0.15) is 35.2 Å². The molecule has 4 rings (SSSR count). The molecule has 0 unspecified atom stereocenters. The molecular formula is C22H25N3O3. The molecule has 1 aromatic carbocycles. The molecule has 0 aliphatic carbocycles. The Bertz CT molecular complexity index is 849. The Morgan fingerprint density at radius 2 is 1.86 bits per heavy atom. The number of amides is 2. The summed E-state index contributed by atoms with van der Waals surface area (Å²) in [5.74, 6) is 0.639. The second-order valence-corrected chi connectivity index (χ2v) is 7.48. The van der Waals surface area contributed by atoms with Crippen LogP contribution in [-0.2, 0) is 4.79 Å². The van der Waals surface area contributed by atoms with E-state index in [4.69, 9.17) is 4.74 Å². The van der Waals surface area contributed by atoms with Crippen molar-refractivity contribution in [3.63, 3.8) is 0 Å². The van der Waals surface area contributed by atoms with Gasteiger partial charge in [0.15, 0.2) is 0 Å². The van der Waals surface area contributed by atoms with Gasteiger partial charge in [-0.15, -0.1) is 0 Å². The minimum Gasteiger partial charge on any atom is -0.488 e. The van der Waals surface area contributed by atoms with Crippen molar-refractivity contribution in [3.05, 3.63) is 59.9 Å². The third-order valence-corrected chi connectivity index (χ3v) is 5.54. The van der Waals surface area contributed by atoms with E-state index in [1.165, 1.54) is 0 Å². The zero-order chi connectivity index (χ0) is 19.5. The maximum atomic E-state index is 13.3. The minimum atomic E-state index is -0.487. The van der Waals surface area contributed by atoms with Gasteiger partial charge >= 0.3 is 0 Å². The van der Waals surface area contributed by atoms with E-state index in [9.17, 15) is 9.59 Å². The van der Waals surface area contributed by atoms with E-state index in [2.05, 4.69) is 4.98 Å². The van der Waals surface area contributed by atoms with Crippen molar-refractivity contribution in [3.8, 4) is 5.75 Å². The van der Waals surface area contributed by atoms with Crippen LogP contribution in [0.2, 0.25) is 0 Å². The molecule has 2 aromatic rings. The Morgan fingerprint density at radius 3 is 2.57 bits per heavy atom. The number of benzene rings is 1. The molecule has 2 atom stereocenters. The number of pyridine rings is 1. The van der Waals surface area contributed by atoms with Gasteiger partial charge in [-0.2, -0.15) is 0 Å². The molecule has 0 saturated carbocycles. The van der Waals surface area contributed by atoms with Crippen LogP contribution in [0.4, 0.5) is 0 Å². The average molecular weight is 379 g/mol. The predicted octanol–water partition coefficient (Wildman–Crippen LogP) is 2.67. The first kappa shape index (κ1) is 18.5. The molecule has 0 bridgehead atoms. The summed E-state index contributed by atoms with van der Waals surface area (Å²) in [6.07, 6.45) is 5.61. The Morgan fingerprint density at radius 1 is 1.11 bits per heavy atom. The van der Waals surface area contributed by atoms with Crippen molar-refractivity contribution in [2.75, 3.05) is 19.6 Å². The fourth-order valence-corrected chi connectivity index (χ4v) is 4.02. The summed E-state index contributed by atoms with van der Waals surface area (Å²) >= 11 is 0. The van der Waals surface area contributed by atoms with E-state index in [-0.39, 0.29) is 17.9 Å². The van der Waals surface area contributed by atoms with E-state index in [1.807, 2.05) is 48.2 Å². The van der Waals surface area contributed by atoms with Gasteiger partial charge in [-0.1, -0.05) is 18.2 Å². The van der Waals surface area contributed by atoms with Crippen molar-refractivity contribution in [1.29, 1.82) is 0 Å². The molecule has 3 heterocycles. The Hall–Kier alpha value is -2.89. The minimum absolute atomic E-state index is 0.0338. The molecule has 0 spiro atoms. The van der Waals surface area contributed by atoms with Gasteiger partial charge in [-0.3, -0.25) is 14.6 Å². The first-order chi connectivity index (χ1) is 13.6. The zero-order valence-corrected chi connectivity index (χ0v) is 16.1. The molecule has 6 nitrogen and oxygen atoms in total. The molecule has 146 valence electrons. The number of nitrogens with zero attached hydrogens (tertiary/aromatic N) is 3. The highest BCUT2D eigenvalue weighted by Gasteiger charge is 2.43. The second kappa shape index (κ2) is 8.00. The normalized spacial score (nSPS) is 21.8. The molecule has 28 heavy (non-hydrogen) atoms. The number of carbonyl (C=O) groups excluding carboxylic acids is 2. The van der Waals surface area contributed by atoms with Crippen LogP contribution >= 0.6 is 0 Å². The molecule has 2 aliphatic heterocycles. The Kier molecular flexibility index (Phi) is 5.28. The fraction of sp³-hybridized carbons (Fsp3) is 0.409. The fourth-order valence-electron chi connectivity index (χ4n) is 4.02. The number of hydrogen-bond acceptors (Lipinski definition) is 4. The number of hydrogen-bond donors (Lipinski definition) is 0. The van der Waals surface area contributed by atoms with Gasteiger partial charge in [0, 0.05) is 31.9 Å². The molecule has 6 heteroatoms. The molecular weight excluding hydrogens is 354 g/mol. The van der Waals surface area contributed by atoms with Crippen molar-refractivity contribution >= 4 is 11.8 Å². The van der Waals surface area contributed by atoms with Gasteiger partial charge in [0.2, 0.25) is 5.91 Å². The highest BCUT2D eigenvalue weighted by molar-refractivity contribution is 5.99. The number of aromatic nitrogens is 1. The lowest BCUT2D eigenvalue weighted by Crippen LogP contribution is -2.47. The molecule has 2 saturated heterocycles. The lowest BCUT2D eigenvalue weighted by atomic mass is 10.1. The topological polar surface area (TPSA) is 62.7 Å². The molecule has 0 radical (unpaired) electrons. The van der Waals surface area contributed by atoms with Crippen LogP contribution in [-0.4, -0.2) is 58.4 Å². The largest absolute Gasteiger partial charge is 0.488 e. The lowest BCUT2D eigenvalue weighted by molar-refractivity contribution is -0.134. The van der Waals surface area contributed by atoms with Gasteiger partial charge < -0.3 is 14.5 Å². The van der Waals surface area contributed by atoms with Gasteiger partial charge in [0.25, 0.3) is 5.91 Å². The highest BCUT2D eigenvalue weighted by Crippen LogP contribution is 2.27. The van der Waals surface area contributed by atoms with E-state index in [0.29, 0.717) is 18.5 Å². The Labute approximate surface area is 165 Å². The molecule has 2 fully saturated rings. The summed E-state index contributed by atoms with van der Waals surface area (Å²) in [5.41, 5.74) is 1.40. The summed E-state index contributed by atoms with van der Waals surface area (Å²) in [5, 5.41) is 0. The standard InChI is InChI=1S/C22H25N3O3/c1-16-9-10-23-14-19(16)21(26)25-15-18(28-17-7-3-2-4-8-17)13-20(25)22(27)24-11-5-6-12-24/h2-4,7-10,14,18,20H,5-6,11-13,15H2,1H3/t18-,20-/m0/s1. The molecule has 0 N–H and O–H groups in total. The van der Waals surface area contributed by atoms with Crippen molar-refractivity contribution in [2.45, 2.75) is 38.3 Å². The van der Waals surface area contributed by atoms with Crippen molar-refractivity contribution < 1.29 is 14.3 Å². The van der Waals surface area contributed by atoms with Crippen LogP contribution in [0.25, 0.3) is 0 Å². The van der Waals surface area contributed by atoms with E-state index >= 15 is 0 Å². The first-order valence-electron chi connectivity index (χ1n) is 9.85. The van der Waals surface area contributed by atoms with E-state index < -0.39 is 6.04 Å². The van der Waals surface area contributed by atoms with Gasteiger partial charge in [-0.05, 0) is 43.5 Å². The lowest BCUT2D eigenvalue weighted by Gasteiger charge is -2.27. The molecule has 2 amide bonds. The summed E-state index contributed by atoms with van der Waals surface area (Å²) in [7, 11) is 0. The van der Waals surface area contributed by atoms with Gasteiger partial charge in [0.1, 0.15) is 17.9 Å². The number of aryl methyl sites for hydroxylation is 1. The first-order valence-corrected chi connectivity index (χ1v) is 9.85. The van der Waals surface area contributed by atoms with Crippen LogP contribution < -0.4 is 4.74 Å². The van der Waals surface area contributed by atoms with Crippen LogP contribution in [0.3, 0.4) is 0 Å². The SMILES string of the molecule is Cc1ccncc1C(=O)N1C[C@@H](Oc2ccccc2)C[C@H]1C(=O)N1CCCC1. The second-order valence-electron chi connectivity index (χ2n) is 7.48. The maximum Gasteiger partial charge on any atom is 0.256 e. The smallest absolute Gasteiger partial charge is 0.256 e. The summed E-state index contributed by atoms with van der Waals surface area (Å²) in [6.45, 7) is 3.83. The van der Waals surface area contributed by atoms with Crippen molar-refractivity contribution in [1.82, 2.24) is 14.8 Å². The van der Waals surface area contributed by atoms with Gasteiger partial charge in [-0.25, -0.2) is 0 Å². The monoisotopic (exact) mass is 379 g/mol. The van der Waals surface area contributed by atoms with E-state index in [0.717, 1.165) is 37.2 Å². The molecule has 2 aliphatic rings. The van der Waals surface area contributed by atoms with Crippen molar-refractivity contribution in [2.24, 2.45) is 0 Å². The maximum absolute atomic E-state index is 13.3. The summed E-state index contributed by atoms with van der Waals surface area (Å²) in [6, 6.07) is 10.9. The number of para-hydroxylation sites is 1. The van der Waals surface area contributed by atoms with Crippen LogP contribution in [0, 0.1) is 6.92 Å².